The Morgan fingerprint density at radius 2 is 1.84 bits per heavy atom. The summed E-state index contributed by atoms with van der Waals surface area (Å²) in [5.74, 6) is 1.15. The van der Waals surface area contributed by atoms with Crippen LogP contribution in [0.15, 0.2) is 72.1 Å². The van der Waals surface area contributed by atoms with E-state index in [4.69, 9.17) is 5.73 Å². The maximum atomic E-state index is 11.7. The van der Waals surface area contributed by atoms with E-state index in [0.29, 0.717) is 17.4 Å². The van der Waals surface area contributed by atoms with Crippen molar-refractivity contribution in [2.75, 3.05) is 19.6 Å². The number of primary amides is 1. The van der Waals surface area contributed by atoms with E-state index in [0.717, 1.165) is 25.6 Å². The van der Waals surface area contributed by atoms with E-state index >= 15 is 0 Å². The molecule has 2 heterocycles. The summed E-state index contributed by atoms with van der Waals surface area (Å²) < 4.78 is 0. The molecule has 4 heteroatoms. The number of piperidine rings is 1. The van der Waals surface area contributed by atoms with Crippen molar-refractivity contribution in [2.45, 2.75) is 38.0 Å². The SMILES string of the molecule is CC(c1cccc(C(N)=O)c1)C(CN1CCC(Cc2ccccc2)CC1)c1cccs1. The van der Waals surface area contributed by atoms with Crippen molar-refractivity contribution in [3.05, 3.63) is 93.7 Å². The molecule has 3 aromatic rings. The van der Waals surface area contributed by atoms with E-state index < -0.39 is 0 Å². The summed E-state index contributed by atoms with van der Waals surface area (Å²) in [4.78, 5) is 15.7. The van der Waals surface area contributed by atoms with E-state index in [1.54, 1.807) is 6.07 Å². The number of carbonyl (C=O) groups excluding carboxylic acids is 1. The van der Waals surface area contributed by atoms with Crippen LogP contribution in [0.5, 0.6) is 0 Å². The van der Waals surface area contributed by atoms with Crippen LogP contribution in [-0.4, -0.2) is 30.4 Å². The zero-order valence-corrected chi connectivity index (χ0v) is 19.1. The van der Waals surface area contributed by atoms with Gasteiger partial charge in [0.25, 0.3) is 0 Å². The van der Waals surface area contributed by atoms with E-state index in [1.807, 2.05) is 23.5 Å². The summed E-state index contributed by atoms with van der Waals surface area (Å²) >= 11 is 1.84. The van der Waals surface area contributed by atoms with Gasteiger partial charge in [-0.2, -0.15) is 0 Å². The summed E-state index contributed by atoms with van der Waals surface area (Å²) in [5.41, 5.74) is 8.77. The Kier molecular flexibility index (Phi) is 7.21. The molecule has 2 aromatic carbocycles. The Morgan fingerprint density at radius 1 is 1.06 bits per heavy atom. The summed E-state index contributed by atoms with van der Waals surface area (Å²) in [6, 6.07) is 23.1. The lowest BCUT2D eigenvalue weighted by molar-refractivity contribution is 0.1000. The normalized spacial score (nSPS) is 17.3. The number of hydrogen-bond acceptors (Lipinski definition) is 3. The molecule has 162 valence electrons. The number of benzene rings is 2. The van der Waals surface area contributed by atoms with Crippen LogP contribution in [0, 0.1) is 5.92 Å². The first-order chi connectivity index (χ1) is 15.1. The molecule has 1 amide bonds. The van der Waals surface area contributed by atoms with Gasteiger partial charge in [-0.25, -0.2) is 0 Å². The topological polar surface area (TPSA) is 46.3 Å². The molecule has 2 atom stereocenters. The van der Waals surface area contributed by atoms with Gasteiger partial charge < -0.3 is 10.6 Å². The fourth-order valence-electron chi connectivity index (χ4n) is 4.80. The van der Waals surface area contributed by atoms with E-state index in [9.17, 15) is 4.79 Å². The average molecular weight is 433 g/mol. The fraction of sp³-hybridized carbons (Fsp3) is 0.370. The number of carbonyl (C=O) groups is 1. The van der Waals surface area contributed by atoms with Crippen molar-refractivity contribution >= 4 is 17.2 Å². The maximum Gasteiger partial charge on any atom is 0.248 e. The molecule has 1 fully saturated rings. The Hall–Kier alpha value is -2.43. The zero-order chi connectivity index (χ0) is 21.6. The number of thiophene rings is 1. The Bertz CT molecular complexity index is 962. The minimum atomic E-state index is -0.359. The number of nitrogens with two attached hydrogens (primary N) is 1. The number of rotatable bonds is 8. The molecule has 2 N–H and O–H groups in total. The van der Waals surface area contributed by atoms with Gasteiger partial charge in [0.1, 0.15) is 0 Å². The third kappa shape index (κ3) is 5.63. The lowest BCUT2D eigenvalue weighted by atomic mass is 9.84. The molecular formula is C27H32N2OS. The monoisotopic (exact) mass is 432 g/mol. The molecule has 4 rings (SSSR count). The molecule has 1 saturated heterocycles. The Balaban J connectivity index is 1.42. The van der Waals surface area contributed by atoms with Gasteiger partial charge in [-0.15, -0.1) is 11.3 Å². The van der Waals surface area contributed by atoms with Crippen LogP contribution in [0.3, 0.4) is 0 Å². The lowest BCUT2D eigenvalue weighted by Crippen LogP contribution is -2.38. The molecule has 0 radical (unpaired) electrons. The van der Waals surface area contributed by atoms with Crippen LogP contribution in [0.1, 0.15) is 58.0 Å². The van der Waals surface area contributed by atoms with Gasteiger partial charge >= 0.3 is 0 Å². The standard InChI is InChI=1S/C27H32N2OS/c1-20(23-9-5-10-24(18-23)27(28)30)25(26-11-6-16-31-26)19-29-14-12-22(13-15-29)17-21-7-3-2-4-8-21/h2-11,16,18,20,22,25H,12-15,17,19H2,1H3,(H2,28,30). The van der Waals surface area contributed by atoms with Crippen LogP contribution in [0.4, 0.5) is 0 Å². The van der Waals surface area contributed by atoms with Crippen molar-refractivity contribution in [1.82, 2.24) is 4.90 Å². The molecule has 2 unspecified atom stereocenters. The van der Waals surface area contributed by atoms with Crippen LogP contribution in [0.2, 0.25) is 0 Å². The molecule has 0 bridgehead atoms. The zero-order valence-electron chi connectivity index (χ0n) is 18.2. The van der Waals surface area contributed by atoms with Gasteiger partial charge in [0, 0.05) is 22.9 Å². The Labute approximate surface area is 189 Å². The summed E-state index contributed by atoms with van der Waals surface area (Å²) in [7, 11) is 0. The molecule has 1 aliphatic heterocycles. The summed E-state index contributed by atoms with van der Waals surface area (Å²) in [6.07, 6.45) is 3.72. The van der Waals surface area contributed by atoms with Gasteiger partial charge in [0.05, 0.1) is 0 Å². The first-order valence-corrected chi connectivity index (χ1v) is 12.2. The lowest BCUT2D eigenvalue weighted by Gasteiger charge is -2.36. The predicted octanol–water partition coefficient (Wildman–Crippen LogP) is 5.69. The highest BCUT2D eigenvalue weighted by atomic mass is 32.1. The second-order valence-corrected chi connectivity index (χ2v) is 9.81. The molecule has 0 saturated carbocycles. The van der Waals surface area contributed by atoms with Gasteiger partial charge in [-0.1, -0.05) is 55.5 Å². The van der Waals surface area contributed by atoms with Crippen LogP contribution < -0.4 is 5.73 Å². The summed E-state index contributed by atoms with van der Waals surface area (Å²) in [5, 5.41) is 2.17. The van der Waals surface area contributed by atoms with Crippen molar-refractivity contribution < 1.29 is 4.79 Å². The number of hydrogen-bond donors (Lipinski definition) is 1. The van der Waals surface area contributed by atoms with E-state index in [1.165, 1.54) is 35.3 Å². The maximum absolute atomic E-state index is 11.7. The molecule has 31 heavy (non-hydrogen) atoms. The Morgan fingerprint density at radius 3 is 2.52 bits per heavy atom. The van der Waals surface area contributed by atoms with Crippen molar-refractivity contribution in [1.29, 1.82) is 0 Å². The molecule has 0 spiro atoms. The van der Waals surface area contributed by atoms with Gasteiger partial charge in [-0.05, 0) is 78.9 Å². The molecule has 1 aromatic heterocycles. The second kappa shape index (κ2) is 10.3. The van der Waals surface area contributed by atoms with Gasteiger partial charge in [-0.3, -0.25) is 4.79 Å². The van der Waals surface area contributed by atoms with Gasteiger partial charge in [0.15, 0.2) is 0 Å². The molecule has 3 nitrogen and oxygen atoms in total. The van der Waals surface area contributed by atoms with Crippen molar-refractivity contribution in [2.24, 2.45) is 11.7 Å². The fourth-order valence-corrected chi connectivity index (χ4v) is 5.73. The molecule has 1 aliphatic rings. The minimum absolute atomic E-state index is 0.319. The van der Waals surface area contributed by atoms with Crippen LogP contribution in [-0.2, 0) is 6.42 Å². The highest BCUT2D eigenvalue weighted by molar-refractivity contribution is 7.10. The van der Waals surface area contributed by atoms with Crippen molar-refractivity contribution in [3.8, 4) is 0 Å². The largest absolute Gasteiger partial charge is 0.366 e. The predicted molar refractivity (Wildman–Crippen MR) is 130 cm³/mol. The van der Waals surface area contributed by atoms with Crippen LogP contribution >= 0.6 is 11.3 Å². The van der Waals surface area contributed by atoms with Crippen molar-refractivity contribution in [3.63, 3.8) is 0 Å². The van der Waals surface area contributed by atoms with Gasteiger partial charge in [0.2, 0.25) is 5.91 Å². The summed E-state index contributed by atoms with van der Waals surface area (Å²) in [6.45, 7) is 5.66. The first-order valence-electron chi connectivity index (χ1n) is 11.3. The molecule has 0 aliphatic carbocycles. The number of amides is 1. The number of likely N-dealkylation sites (tertiary alicyclic amines) is 1. The highest BCUT2D eigenvalue weighted by Gasteiger charge is 2.27. The molecular weight excluding hydrogens is 400 g/mol. The third-order valence-electron chi connectivity index (χ3n) is 6.74. The third-order valence-corrected chi connectivity index (χ3v) is 7.74. The quantitative estimate of drug-likeness (QED) is 0.497. The highest BCUT2D eigenvalue weighted by Crippen LogP contribution is 2.37. The smallest absolute Gasteiger partial charge is 0.248 e. The number of nitrogens with zero attached hydrogens (tertiary/aromatic N) is 1. The van der Waals surface area contributed by atoms with Crippen LogP contribution in [0.25, 0.3) is 0 Å². The van der Waals surface area contributed by atoms with E-state index in [-0.39, 0.29) is 5.91 Å². The van der Waals surface area contributed by atoms with E-state index in [2.05, 4.69) is 65.7 Å². The average Bonchev–Trinajstić information content (AvgIpc) is 3.33. The first kappa shape index (κ1) is 21.8. The minimum Gasteiger partial charge on any atom is -0.366 e. The second-order valence-electron chi connectivity index (χ2n) is 8.83.